The Morgan fingerprint density at radius 3 is 0.248 bits per heavy atom. The summed E-state index contributed by atoms with van der Waals surface area (Å²) in [7, 11) is 0. The molecule has 9 heteroatoms. The zero-order valence-corrected chi connectivity index (χ0v) is 71.6. The van der Waals surface area contributed by atoms with Gasteiger partial charge in [-0.05, 0) is 51.4 Å². The van der Waals surface area contributed by atoms with E-state index in [9.17, 15) is 39.6 Å². The van der Waals surface area contributed by atoms with E-state index in [2.05, 4.69) is 27.7 Å². The van der Waals surface area contributed by atoms with Crippen LogP contribution in [0.25, 0.3) is 0 Å². The molecule has 0 bridgehead atoms. The molecule has 0 aliphatic carbocycles. The van der Waals surface area contributed by atoms with E-state index in [0.717, 1.165) is 51.4 Å². The van der Waals surface area contributed by atoms with Gasteiger partial charge in [-0.3, -0.25) is 0 Å². The largest absolute Gasteiger partial charge is 4.00 e. The molecule has 0 saturated heterocycles. The normalized spacial score (nSPS) is 11.0. The summed E-state index contributed by atoms with van der Waals surface area (Å²) in [5.74, 6) is -3.60. The minimum absolute atomic E-state index is 0. The molecule has 0 rings (SSSR count). The number of carbonyl (C=O) groups is 4. The number of carboxylic acids is 4. The Hall–Kier alpha value is -1.24. The zero-order valence-electron chi connectivity index (χ0n) is 69.2. The van der Waals surface area contributed by atoms with Crippen LogP contribution in [0.5, 0.6) is 0 Å². The fourth-order valence-electron chi connectivity index (χ4n) is 14.1. The number of aliphatic carboxylic acids is 4. The van der Waals surface area contributed by atoms with Crippen LogP contribution in [0.4, 0.5) is 0 Å². The molecule has 0 saturated carbocycles. The van der Waals surface area contributed by atoms with E-state index in [1.165, 1.54) is 462 Å². The van der Waals surface area contributed by atoms with Gasteiger partial charge in [0.25, 0.3) is 0 Å². The first-order chi connectivity index (χ1) is 49.1. The molecule has 101 heavy (non-hydrogen) atoms. The molecule has 0 spiro atoms. The third kappa shape index (κ3) is 123. The maximum absolute atomic E-state index is 10.3. The van der Waals surface area contributed by atoms with Crippen molar-refractivity contribution in [3.05, 3.63) is 0 Å². The minimum Gasteiger partial charge on any atom is -0.550 e. The van der Waals surface area contributed by atoms with Crippen molar-refractivity contribution in [1.29, 1.82) is 0 Å². The van der Waals surface area contributed by atoms with Crippen molar-refractivity contribution in [3.8, 4) is 0 Å². The third-order valence-electron chi connectivity index (χ3n) is 20.9. The van der Waals surface area contributed by atoms with Gasteiger partial charge in [0.05, 0.1) is 0 Å². The molecule has 0 aromatic carbocycles. The smallest absolute Gasteiger partial charge is 0.550 e. The molecule has 0 heterocycles. The summed E-state index contributed by atoms with van der Waals surface area (Å²) in [4.78, 5) is 41.1. The van der Waals surface area contributed by atoms with Crippen LogP contribution in [0.15, 0.2) is 0 Å². The molecule has 0 aromatic rings. The van der Waals surface area contributed by atoms with Gasteiger partial charge >= 0.3 is 26.2 Å². The quantitative estimate of drug-likeness (QED) is 0.0544. The number of hydrogen-bond donors (Lipinski definition) is 0. The predicted octanol–water partition coefficient (Wildman–Crippen LogP) is 27.8. The van der Waals surface area contributed by atoms with Crippen LogP contribution >= 0.6 is 0 Å². The monoisotopic (exact) mass is 1500 g/mol. The summed E-state index contributed by atoms with van der Waals surface area (Å²) >= 11 is 0. The Bertz CT molecular complexity index is 1280. The van der Waals surface area contributed by atoms with E-state index in [4.69, 9.17) is 0 Å². The van der Waals surface area contributed by atoms with E-state index >= 15 is 0 Å². The molecule has 600 valence electrons. The molecule has 0 fully saturated rings. The van der Waals surface area contributed by atoms with Crippen LogP contribution in [-0.2, 0) is 45.4 Å². The number of carbonyl (C=O) groups excluding carboxylic acids is 4. The molecule has 0 amide bonds. The van der Waals surface area contributed by atoms with Gasteiger partial charge in [0.2, 0.25) is 0 Å². The second-order valence-corrected chi connectivity index (χ2v) is 31.4. The third-order valence-corrected chi connectivity index (χ3v) is 20.9. The van der Waals surface area contributed by atoms with Crippen molar-refractivity contribution < 1.29 is 65.8 Å². The van der Waals surface area contributed by atoms with Crippen LogP contribution in [0.1, 0.15) is 567 Å². The summed E-state index contributed by atoms with van der Waals surface area (Å²) < 4.78 is 0. The zero-order chi connectivity index (χ0) is 73.7. The first kappa shape index (κ1) is 108. The van der Waals surface area contributed by atoms with Gasteiger partial charge < -0.3 is 39.6 Å². The SMILES string of the molecule is CCCCCCCCCCCCCCCCCCCCCCC(=O)[O-].CCCCCCCCCCCCCCCCCCCCCCC(=O)[O-].CCCCCCCCCCCCCCCCCCCCCCC(=O)[O-].CCCCCCCCCCCCCCCCCCCCCCC(=O)[O-].[Zr+4]. The second kappa shape index (κ2) is 105. The molecule has 0 unspecified atom stereocenters. The van der Waals surface area contributed by atoms with Crippen molar-refractivity contribution in [3.63, 3.8) is 0 Å². The number of unbranched alkanes of at least 4 members (excludes halogenated alkanes) is 76. The first-order valence-corrected chi connectivity index (χ1v) is 45.9. The minimum atomic E-state index is -0.901. The van der Waals surface area contributed by atoms with Gasteiger partial charge in [-0.25, -0.2) is 0 Å². The average Bonchev–Trinajstić information content (AvgIpc) is 3.71. The molecule has 0 aromatic heterocycles. The Morgan fingerprint density at radius 2 is 0.188 bits per heavy atom. The van der Waals surface area contributed by atoms with Gasteiger partial charge in [-0.2, -0.15) is 0 Å². The van der Waals surface area contributed by atoms with E-state index in [1.54, 1.807) is 0 Å². The van der Waals surface area contributed by atoms with E-state index in [1.807, 2.05) is 0 Å². The standard InChI is InChI=1S/4C23H46O2.Zr/c4*1-2-3-4-5-6-7-8-9-10-11-12-13-14-15-16-17-18-19-20-21-22-23(24)25;/h4*2-22H2,1H3,(H,24,25);/q;;;;+4/p-4. The average molecular weight is 1510 g/mol. The molecule has 0 aliphatic rings. The molecule has 8 nitrogen and oxygen atoms in total. The van der Waals surface area contributed by atoms with E-state index < -0.39 is 23.9 Å². The fourth-order valence-corrected chi connectivity index (χ4v) is 14.1. The van der Waals surface area contributed by atoms with Gasteiger partial charge in [-0.15, -0.1) is 0 Å². The van der Waals surface area contributed by atoms with Gasteiger partial charge in [0.1, 0.15) is 0 Å². The Balaban J connectivity index is -0.000000404. The maximum atomic E-state index is 10.3. The summed E-state index contributed by atoms with van der Waals surface area (Å²) in [6, 6.07) is 0. The van der Waals surface area contributed by atoms with Crippen molar-refractivity contribution in [2.45, 2.75) is 567 Å². The van der Waals surface area contributed by atoms with Crippen LogP contribution in [0, 0.1) is 0 Å². The molecule has 0 radical (unpaired) electrons. The fraction of sp³-hybridized carbons (Fsp3) is 0.957. The summed E-state index contributed by atoms with van der Waals surface area (Å²) in [6.45, 7) is 9.13. The summed E-state index contributed by atoms with van der Waals surface area (Å²) in [5.41, 5.74) is 0. The van der Waals surface area contributed by atoms with Crippen molar-refractivity contribution in [1.82, 2.24) is 0 Å². The topological polar surface area (TPSA) is 161 Å². The number of hydrogen-bond acceptors (Lipinski definition) is 8. The van der Waals surface area contributed by atoms with E-state index in [0.29, 0.717) is 0 Å². The van der Waals surface area contributed by atoms with Gasteiger partial charge in [0.15, 0.2) is 0 Å². The van der Waals surface area contributed by atoms with Gasteiger partial charge in [0, 0.05) is 23.9 Å². The van der Waals surface area contributed by atoms with E-state index in [-0.39, 0.29) is 51.9 Å². The van der Waals surface area contributed by atoms with Crippen molar-refractivity contribution in [2.75, 3.05) is 0 Å². The Kier molecular flexibility index (Phi) is 113. The van der Waals surface area contributed by atoms with Crippen LogP contribution in [-0.4, -0.2) is 23.9 Å². The van der Waals surface area contributed by atoms with Crippen molar-refractivity contribution >= 4 is 23.9 Å². The number of carboxylic acid groups (broad SMARTS) is 4. The maximum Gasteiger partial charge on any atom is 4.00 e. The summed E-state index contributed by atoms with van der Waals surface area (Å²) in [6.07, 6.45) is 109. The first-order valence-electron chi connectivity index (χ1n) is 45.9. The molecule has 0 aliphatic heterocycles. The van der Waals surface area contributed by atoms with Crippen LogP contribution in [0.3, 0.4) is 0 Å². The Morgan fingerprint density at radius 1 is 0.129 bits per heavy atom. The second-order valence-electron chi connectivity index (χ2n) is 31.4. The van der Waals surface area contributed by atoms with Crippen LogP contribution in [0.2, 0.25) is 0 Å². The van der Waals surface area contributed by atoms with Gasteiger partial charge in [-0.1, -0.05) is 516 Å². The van der Waals surface area contributed by atoms with Crippen molar-refractivity contribution in [2.24, 2.45) is 0 Å². The molecule has 0 atom stereocenters. The number of rotatable bonds is 84. The predicted molar refractivity (Wildman–Crippen MR) is 431 cm³/mol. The molecule has 0 N–H and O–H groups in total. The molecular formula is C92H180O8Zr. The van der Waals surface area contributed by atoms with Crippen LogP contribution < -0.4 is 20.4 Å². The Labute approximate surface area is 652 Å². The molecular weight excluding hydrogens is 1320 g/mol. The summed E-state index contributed by atoms with van der Waals surface area (Å²) in [5, 5.41) is 41.1.